The number of methoxy groups -OCH3 is 1. The van der Waals surface area contributed by atoms with Crippen LogP contribution in [0.5, 0.6) is 0 Å². The summed E-state index contributed by atoms with van der Waals surface area (Å²) in [6, 6.07) is 2.58. The van der Waals surface area contributed by atoms with E-state index in [-0.39, 0.29) is 5.97 Å². The molecule has 0 spiro atoms. The van der Waals surface area contributed by atoms with Gasteiger partial charge in [-0.3, -0.25) is 4.90 Å². The number of carbonyl (C=O) groups excluding carboxylic acids is 1. The molecule has 0 aromatic carbocycles. The Balaban J connectivity index is 1.82. The first kappa shape index (κ1) is 14.0. The van der Waals surface area contributed by atoms with Crippen molar-refractivity contribution in [3.8, 4) is 0 Å². The number of thiophene rings is 1. The van der Waals surface area contributed by atoms with Gasteiger partial charge in [-0.25, -0.2) is 4.79 Å². The van der Waals surface area contributed by atoms with Gasteiger partial charge in [0.25, 0.3) is 0 Å². The number of carbonyl (C=O) groups is 1. The summed E-state index contributed by atoms with van der Waals surface area (Å²) in [5.41, 5.74) is 1.38. The van der Waals surface area contributed by atoms with Crippen LogP contribution in [0.15, 0.2) is 6.07 Å². The van der Waals surface area contributed by atoms with E-state index in [0.29, 0.717) is 6.04 Å². The first-order valence-corrected chi connectivity index (χ1v) is 8.14. The molecule has 1 fully saturated rings. The quantitative estimate of drug-likeness (QED) is 0.783. The summed E-state index contributed by atoms with van der Waals surface area (Å²) < 4.78 is 4.86. The molecule has 2 aliphatic rings. The van der Waals surface area contributed by atoms with E-state index in [4.69, 9.17) is 4.74 Å². The second-order valence-electron chi connectivity index (χ2n) is 5.73. The second-order valence-corrected chi connectivity index (χ2v) is 6.86. The molecule has 0 N–H and O–H groups in total. The number of rotatable bonds is 2. The molecule has 2 heterocycles. The summed E-state index contributed by atoms with van der Waals surface area (Å²) in [6.07, 6.45) is 3.56. The number of aryl methyl sites for hydroxylation is 1. The lowest BCUT2D eigenvalue weighted by Gasteiger charge is -2.39. The van der Waals surface area contributed by atoms with Crippen molar-refractivity contribution < 1.29 is 9.53 Å². The molecule has 0 radical (unpaired) electrons. The molecule has 3 rings (SSSR count). The lowest BCUT2D eigenvalue weighted by molar-refractivity contribution is 0.0606. The maximum Gasteiger partial charge on any atom is 0.348 e. The van der Waals surface area contributed by atoms with Crippen LogP contribution >= 0.6 is 11.3 Å². The maximum atomic E-state index is 11.7. The van der Waals surface area contributed by atoms with Crippen molar-refractivity contribution in [3.63, 3.8) is 0 Å². The number of nitrogens with zero attached hydrogens (tertiary/aromatic N) is 2. The van der Waals surface area contributed by atoms with Gasteiger partial charge in [0.1, 0.15) is 4.88 Å². The van der Waals surface area contributed by atoms with Crippen molar-refractivity contribution >= 4 is 17.3 Å². The zero-order valence-electron chi connectivity index (χ0n) is 12.2. The van der Waals surface area contributed by atoms with Crippen LogP contribution in [0.2, 0.25) is 0 Å². The summed E-state index contributed by atoms with van der Waals surface area (Å²) >= 11 is 1.62. The predicted octanol–water partition coefficient (Wildman–Crippen LogP) is 2.16. The molecule has 5 heteroatoms. The monoisotopic (exact) mass is 294 g/mol. The lowest BCUT2D eigenvalue weighted by atomic mass is 9.92. The van der Waals surface area contributed by atoms with Crippen molar-refractivity contribution in [2.75, 3.05) is 40.3 Å². The Hall–Kier alpha value is -0.910. The molecule has 1 aliphatic carbocycles. The summed E-state index contributed by atoms with van der Waals surface area (Å²) in [7, 11) is 3.64. The van der Waals surface area contributed by atoms with Gasteiger partial charge >= 0.3 is 5.97 Å². The van der Waals surface area contributed by atoms with E-state index in [9.17, 15) is 4.79 Å². The minimum Gasteiger partial charge on any atom is -0.465 e. The van der Waals surface area contributed by atoms with E-state index in [2.05, 4.69) is 22.9 Å². The number of piperazine rings is 1. The van der Waals surface area contributed by atoms with Gasteiger partial charge in [-0.1, -0.05) is 0 Å². The van der Waals surface area contributed by atoms with Crippen LogP contribution in [0, 0.1) is 0 Å². The van der Waals surface area contributed by atoms with Gasteiger partial charge in [0.15, 0.2) is 0 Å². The molecule has 0 saturated carbocycles. The fourth-order valence-corrected chi connectivity index (χ4v) is 4.42. The van der Waals surface area contributed by atoms with Gasteiger partial charge in [0.2, 0.25) is 0 Å². The molecule has 1 unspecified atom stereocenters. The summed E-state index contributed by atoms with van der Waals surface area (Å²) in [5.74, 6) is -0.193. The van der Waals surface area contributed by atoms with Crippen molar-refractivity contribution in [2.45, 2.75) is 25.3 Å². The predicted molar refractivity (Wildman–Crippen MR) is 80.4 cm³/mol. The van der Waals surface area contributed by atoms with Crippen LogP contribution in [-0.4, -0.2) is 56.1 Å². The molecule has 0 amide bonds. The summed E-state index contributed by atoms with van der Waals surface area (Å²) in [6.45, 7) is 4.54. The van der Waals surface area contributed by atoms with Crippen molar-refractivity contribution in [3.05, 3.63) is 21.4 Å². The maximum absolute atomic E-state index is 11.7. The first-order valence-electron chi connectivity index (χ1n) is 7.32. The van der Waals surface area contributed by atoms with Crippen molar-refractivity contribution in [1.82, 2.24) is 9.80 Å². The Labute approximate surface area is 124 Å². The SMILES string of the molecule is COC(=O)c1cc2c(s1)CCCC2N1CCN(C)CC1. The van der Waals surface area contributed by atoms with E-state index in [1.807, 2.05) is 0 Å². The van der Waals surface area contributed by atoms with E-state index in [1.165, 1.54) is 30.4 Å². The van der Waals surface area contributed by atoms with Crippen LogP contribution < -0.4 is 0 Å². The van der Waals surface area contributed by atoms with Gasteiger partial charge in [0.05, 0.1) is 7.11 Å². The highest BCUT2D eigenvalue weighted by molar-refractivity contribution is 7.14. The van der Waals surface area contributed by atoms with Crippen molar-refractivity contribution in [1.29, 1.82) is 0 Å². The standard InChI is InChI=1S/C15H22N2O2S/c1-16-6-8-17(9-7-16)12-4-3-5-13-11(12)10-14(20-13)15(18)19-2/h10,12H,3-9H2,1-2H3. The normalized spacial score (nSPS) is 24.4. The van der Waals surface area contributed by atoms with E-state index < -0.39 is 0 Å². The summed E-state index contributed by atoms with van der Waals surface area (Å²) in [4.78, 5) is 18.8. The minimum atomic E-state index is -0.193. The average molecular weight is 294 g/mol. The fraction of sp³-hybridized carbons (Fsp3) is 0.667. The van der Waals surface area contributed by atoms with Gasteiger partial charge in [-0.2, -0.15) is 0 Å². The average Bonchev–Trinajstić information content (AvgIpc) is 2.91. The third-order valence-electron chi connectivity index (χ3n) is 4.45. The molecule has 0 bridgehead atoms. The van der Waals surface area contributed by atoms with Gasteiger partial charge in [0, 0.05) is 37.1 Å². The van der Waals surface area contributed by atoms with Gasteiger partial charge in [-0.15, -0.1) is 11.3 Å². The van der Waals surface area contributed by atoms with Gasteiger partial charge < -0.3 is 9.64 Å². The van der Waals surface area contributed by atoms with Gasteiger partial charge in [-0.05, 0) is 37.9 Å². The number of likely N-dealkylation sites (N-methyl/N-ethyl adjacent to an activating group) is 1. The second kappa shape index (κ2) is 5.84. The molecule has 4 nitrogen and oxygen atoms in total. The van der Waals surface area contributed by atoms with Crippen LogP contribution in [0.4, 0.5) is 0 Å². The molecule has 110 valence electrons. The Bertz CT molecular complexity index is 492. The molecule has 20 heavy (non-hydrogen) atoms. The minimum absolute atomic E-state index is 0.193. The molecular weight excluding hydrogens is 272 g/mol. The first-order chi connectivity index (χ1) is 9.69. The molecule has 1 aromatic rings. The molecule has 1 atom stereocenters. The van der Waals surface area contributed by atoms with E-state index >= 15 is 0 Å². The Morgan fingerprint density at radius 1 is 1.35 bits per heavy atom. The Morgan fingerprint density at radius 2 is 2.10 bits per heavy atom. The number of hydrogen-bond acceptors (Lipinski definition) is 5. The lowest BCUT2D eigenvalue weighted by Crippen LogP contribution is -2.46. The number of fused-ring (bicyclic) bond motifs is 1. The zero-order chi connectivity index (χ0) is 14.1. The highest BCUT2D eigenvalue weighted by Gasteiger charge is 2.30. The summed E-state index contributed by atoms with van der Waals surface area (Å²) in [5, 5.41) is 0. The number of hydrogen-bond donors (Lipinski definition) is 0. The topological polar surface area (TPSA) is 32.8 Å². The largest absolute Gasteiger partial charge is 0.465 e. The van der Waals surface area contributed by atoms with Crippen molar-refractivity contribution in [2.24, 2.45) is 0 Å². The fourth-order valence-electron chi connectivity index (χ4n) is 3.25. The third kappa shape index (κ3) is 2.62. The molecule has 1 saturated heterocycles. The number of esters is 1. The molecule has 1 aromatic heterocycles. The Morgan fingerprint density at radius 3 is 2.80 bits per heavy atom. The zero-order valence-corrected chi connectivity index (χ0v) is 13.0. The third-order valence-corrected chi connectivity index (χ3v) is 5.64. The number of ether oxygens (including phenoxy) is 1. The Kier molecular flexibility index (Phi) is 4.10. The highest BCUT2D eigenvalue weighted by Crippen LogP contribution is 2.39. The van der Waals surface area contributed by atoms with Crippen LogP contribution in [0.25, 0.3) is 0 Å². The van der Waals surface area contributed by atoms with Crippen LogP contribution in [0.3, 0.4) is 0 Å². The van der Waals surface area contributed by atoms with Crippen LogP contribution in [-0.2, 0) is 11.2 Å². The molecule has 1 aliphatic heterocycles. The highest BCUT2D eigenvalue weighted by atomic mass is 32.1. The smallest absolute Gasteiger partial charge is 0.348 e. The van der Waals surface area contributed by atoms with E-state index in [1.54, 1.807) is 11.3 Å². The van der Waals surface area contributed by atoms with E-state index in [0.717, 1.165) is 37.5 Å². The van der Waals surface area contributed by atoms with Crippen LogP contribution in [0.1, 0.15) is 39.0 Å². The molecular formula is C15H22N2O2S.